The van der Waals surface area contributed by atoms with Gasteiger partial charge in [-0.15, -0.1) is 0 Å². The van der Waals surface area contributed by atoms with Crippen molar-refractivity contribution >= 4 is 15.7 Å². The van der Waals surface area contributed by atoms with Crippen molar-refractivity contribution in [3.05, 3.63) is 24.0 Å². The Labute approximate surface area is 94.1 Å². The Morgan fingerprint density at radius 3 is 3.12 bits per heavy atom. The third-order valence-corrected chi connectivity index (χ3v) is 4.17. The fraction of sp³-hybridized carbons (Fsp3) is 0.500. The molecule has 3 heterocycles. The van der Waals surface area contributed by atoms with Gasteiger partial charge >= 0.3 is 0 Å². The molecule has 2 aliphatic rings. The van der Waals surface area contributed by atoms with Crippen LogP contribution in [0.25, 0.3) is 0 Å². The third kappa shape index (κ3) is 1.26. The second-order valence-corrected chi connectivity index (χ2v) is 5.98. The Morgan fingerprint density at radius 1 is 1.56 bits per heavy atom. The van der Waals surface area contributed by atoms with Crippen LogP contribution < -0.4 is 4.31 Å². The van der Waals surface area contributed by atoms with Crippen LogP contribution in [0.15, 0.2) is 18.3 Å². The van der Waals surface area contributed by atoms with E-state index < -0.39 is 10.0 Å². The second kappa shape index (κ2) is 3.18. The molecule has 0 aliphatic carbocycles. The predicted molar refractivity (Wildman–Crippen MR) is 58.7 cm³/mol. The normalized spacial score (nSPS) is 27.9. The largest absolute Gasteiger partial charge is 0.357 e. The first kappa shape index (κ1) is 10.0. The number of fused-ring (bicyclic) bond motifs is 3. The molecule has 0 radical (unpaired) electrons. The van der Waals surface area contributed by atoms with Gasteiger partial charge in [-0.3, -0.25) is 4.98 Å². The van der Waals surface area contributed by atoms with Gasteiger partial charge in [0.15, 0.2) is 6.23 Å². The maximum absolute atomic E-state index is 11.8. The zero-order valence-electron chi connectivity index (χ0n) is 8.83. The average Bonchev–Trinajstić information content (AvgIpc) is 2.73. The Morgan fingerprint density at radius 2 is 2.38 bits per heavy atom. The summed E-state index contributed by atoms with van der Waals surface area (Å²) in [6, 6.07) is 3.53. The highest BCUT2D eigenvalue weighted by Gasteiger charge is 2.47. The fourth-order valence-corrected chi connectivity index (χ4v) is 3.56. The van der Waals surface area contributed by atoms with Crippen LogP contribution in [0.2, 0.25) is 0 Å². The molecule has 3 rings (SSSR count). The van der Waals surface area contributed by atoms with E-state index in [0.717, 1.165) is 12.1 Å². The number of rotatable bonds is 1. The topological polar surface area (TPSA) is 59.5 Å². The summed E-state index contributed by atoms with van der Waals surface area (Å²) in [5.41, 5.74) is 1.51. The molecule has 5 nitrogen and oxygen atoms in total. The van der Waals surface area contributed by atoms with Crippen molar-refractivity contribution in [1.82, 2.24) is 4.98 Å². The minimum absolute atomic E-state index is 0.0888. The summed E-state index contributed by atoms with van der Waals surface area (Å²) in [4.78, 5) is 4.28. The van der Waals surface area contributed by atoms with Crippen molar-refractivity contribution in [2.75, 3.05) is 17.2 Å². The zero-order chi connectivity index (χ0) is 11.3. The molecular formula is C10H12N2O3S. The van der Waals surface area contributed by atoms with Gasteiger partial charge in [0.05, 0.1) is 30.2 Å². The van der Waals surface area contributed by atoms with Crippen LogP contribution in [-0.2, 0) is 14.8 Å². The summed E-state index contributed by atoms with van der Waals surface area (Å²) < 4.78 is 30.4. The molecule has 0 N–H and O–H groups in total. The molecule has 2 aliphatic heterocycles. The lowest BCUT2D eigenvalue weighted by atomic mass is 10.0. The van der Waals surface area contributed by atoms with E-state index in [4.69, 9.17) is 4.74 Å². The quantitative estimate of drug-likeness (QED) is 0.724. The van der Waals surface area contributed by atoms with E-state index in [1.54, 1.807) is 18.3 Å². The molecular weight excluding hydrogens is 228 g/mol. The number of pyridine rings is 1. The van der Waals surface area contributed by atoms with Crippen LogP contribution in [0.4, 0.5) is 5.69 Å². The van der Waals surface area contributed by atoms with Crippen LogP contribution in [0.1, 0.15) is 18.0 Å². The van der Waals surface area contributed by atoms with Crippen molar-refractivity contribution in [3.63, 3.8) is 0 Å². The van der Waals surface area contributed by atoms with Crippen LogP contribution in [0.3, 0.4) is 0 Å². The SMILES string of the molecule is CS(=O)(=O)N1c2cccnc2[C@@H]2CCO[C@@H]21. The molecule has 1 aromatic rings. The number of anilines is 1. The number of nitrogens with zero attached hydrogens (tertiary/aromatic N) is 2. The van der Waals surface area contributed by atoms with Crippen molar-refractivity contribution in [2.24, 2.45) is 0 Å². The Balaban J connectivity index is 2.19. The van der Waals surface area contributed by atoms with Crippen LogP contribution in [-0.4, -0.2) is 32.5 Å². The van der Waals surface area contributed by atoms with E-state index in [-0.39, 0.29) is 12.1 Å². The number of ether oxygens (including phenoxy) is 1. The molecule has 2 atom stereocenters. The van der Waals surface area contributed by atoms with Crippen LogP contribution in [0.5, 0.6) is 0 Å². The molecule has 0 aromatic carbocycles. The Hall–Kier alpha value is -1.14. The lowest BCUT2D eigenvalue weighted by molar-refractivity contribution is 0.117. The summed E-state index contributed by atoms with van der Waals surface area (Å²) in [6.45, 7) is 0.595. The highest BCUT2D eigenvalue weighted by Crippen LogP contribution is 2.46. The molecule has 0 amide bonds. The maximum atomic E-state index is 11.8. The van der Waals surface area contributed by atoms with Crippen molar-refractivity contribution in [2.45, 2.75) is 18.6 Å². The lowest BCUT2D eigenvalue weighted by Crippen LogP contribution is -2.37. The molecule has 0 spiro atoms. The smallest absolute Gasteiger partial charge is 0.234 e. The molecule has 1 saturated heterocycles. The van der Waals surface area contributed by atoms with Gasteiger partial charge in [0.1, 0.15) is 0 Å². The summed E-state index contributed by atoms with van der Waals surface area (Å²) in [7, 11) is -3.30. The zero-order valence-corrected chi connectivity index (χ0v) is 9.64. The summed E-state index contributed by atoms with van der Waals surface area (Å²) in [6.07, 6.45) is 3.34. The van der Waals surface area contributed by atoms with Gasteiger partial charge in [-0.2, -0.15) is 0 Å². The monoisotopic (exact) mass is 240 g/mol. The van der Waals surface area contributed by atoms with E-state index in [1.165, 1.54) is 10.6 Å². The highest BCUT2D eigenvalue weighted by atomic mass is 32.2. The van der Waals surface area contributed by atoms with E-state index in [0.29, 0.717) is 12.3 Å². The van der Waals surface area contributed by atoms with Crippen molar-refractivity contribution in [1.29, 1.82) is 0 Å². The second-order valence-electron chi connectivity index (χ2n) is 4.12. The van der Waals surface area contributed by atoms with Gasteiger partial charge in [-0.1, -0.05) is 0 Å². The number of hydrogen-bond acceptors (Lipinski definition) is 4. The molecule has 6 heteroatoms. The maximum Gasteiger partial charge on any atom is 0.234 e. The van der Waals surface area contributed by atoms with E-state index >= 15 is 0 Å². The molecule has 1 fully saturated rings. The first-order valence-corrected chi connectivity index (χ1v) is 7.00. The van der Waals surface area contributed by atoms with Gasteiger partial charge in [0, 0.05) is 6.20 Å². The molecule has 86 valence electrons. The molecule has 0 saturated carbocycles. The van der Waals surface area contributed by atoms with Gasteiger partial charge in [-0.05, 0) is 18.6 Å². The van der Waals surface area contributed by atoms with Gasteiger partial charge in [-0.25, -0.2) is 12.7 Å². The first-order chi connectivity index (χ1) is 7.59. The first-order valence-electron chi connectivity index (χ1n) is 5.15. The van der Waals surface area contributed by atoms with Crippen molar-refractivity contribution in [3.8, 4) is 0 Å². The minimum Gasteiger partial charge on any atom is -0.357 e. The fourth-order valence-electron chi connectivity index (χ4n) is 2.46. The summed E-state index contributed by atoms with van der Waals surface area (Å²) in [5, 5.41) is 0. The number of sulfonamides is 1. The average molecular weight is 240 g/mol. The minimum atomic E-state index is -3.30. The lowest BCUT2D eigenvalue weighted by Gasteiger charge is -2.23. The molecule has 0 bridgehead atoms. The molecule has 0 unspecified atom stereocenters. The van der Waals surface area contributed by atoms with Crippen LogP contribution >= 0.6 is 0 Å². The predicted octanol–water partition coefficient (Wildman–Crippen LogP) is 0.691. The molecule has 1 aromatic heterocycles. The summed E-state index contributed by atoms with van der Waals surface area (Å²) >= 11 is 0. The van der Waals surface area contributed by atoms with E-state index in [1.807, 2.05) is 0 Å². The number of aromatic nitrogens is 1. The van der Waals surface area contributed by atoms with E-state index in [9.17, 15) is 8.42 Å². The third-order valence-electron chi connectivity index (χ3n) is 3.05. The summed E-state index contributed by atoms with van der Waals surface area (Å²) in [5.74, 6) is 0.0888. The number of hydrogen-bond donors (Lipinski definition) is 0. The van der Waals surface area contributed by atoms with Crippen molar-refractivity contribution < 1.29 is 13.2 Å². The van der Waals surface area contributed by atoms with E-state index in [2.05, 4.69) is 4.98 Å². The van der Waals surface area contributed by atoms with Gasteiger partial charge in [0.2, 0.25) is 10.0 Å². The standard InChI is InChI=1S/C10H12N2O3S/c1-16(13,14)12-8-3-2-5-11-9(8)7-4-6-15-10(7)12/h2-3,5,7,10H,4,6H2,1H3/t7-,10-/m0/s1. The highest BCUT2D eigenvalue weighted by molar-refractivity contribution is 7.92. The van der Waals surface area contributed by atoms with Gasteiger partial charge < -0.3 is 4.74 Å². The van der Waals surface area contributed by atoms with Crippen LogP contribution in [0, 0.1) is 0 Å². The molecule has 16 heavy (non-hydrogen) atoms. The Kier molecular flexibility index (Phi) is 1.99. The Bertz CT molecular complexity index is 529. The van der Waals surface area contributed by atoms with Gasteiger partial charge in [0.25, 0.3) is 0 Å².